The van der Waals surface area contributed by atoms with Crippen molar-refractivity contribution < 1.29 is 9.47 Å². The van der Waals surface area contributed by atoms with Crippen molar-refractivity contribution in [3.63, 3.8) is 0 Å². The van der Waals surface area contributed by atoms with E-state index in [1.165, 1.54) is 0 Å². The van der Waals surface area contributed by atoms with Crippen LogP contribution in [0.3, 0.4) is 0 Å². The van der Waals surface area contributed by atoms with E-state index in [-0.39, 0.29) is 0 Å². The predicted molar refractivity (Wildman–Crippen MR) is 68.2 cm³/mol. The van der Waals surface area contributed by atoms with Crippen LogP contribution in [-0.2, 0) is 12.4 Å². The van der Waals surface area contributed by atoms with Gasteiger partial charge in [-0.1, -0.05) is 6.07 Å². The zero-order chi connectivity index (χ0) is 13.0. The summed E-state index contributed by atoms with van der Waals surface area (Å²) in [5, 5.41) is 7.77. The molecule has 0 aliphatic rings. The number of aromatic nitrogens is 3. The number of nitrogens with zero attached hydrogens (tertiary/aromatic N) is 3. The summed E-state index contributed by atoms with van der Waals surface area (Å²) < 4.78 is 12.4. The van der Waals surface area contributed by atoms with Crippen molar-refractivity contribution in [2.24, 2.45) is 0 Å². The van der Waals surface area contributed by atoms with Gasteiger partial charge in [-0.3, -0.25) is 0 Å². The molecule has 1 aromatic heterocycles. The zero-order valence-electron chi connectivity index (χ0n) is 10.3. The quantitative estimate of drug-likeness (QED) is 0.779. The van der Waals surface area contributed by atoms with Crippen molar-refractivity contribution in [3.8, 4) is 11.5 Å². The molecule has 2 rings (SSSR count). The first-order valence-electron chi connectivity index (χ1n) is 5.42. The molecular formula is C12H14ClN3O2. The van der Waals surface area contributed by atoms with Crippen LogP contribution >= 0.6 is 11.6 Å². The van der Waals surface area contributed by atoms with Crippen LogP contribution in [0.1, 0.15) is 11.4 Å². The van der Waals surface area contributed by atoms with Gasteiger partial charge in [0.1, 0.15) is 12.2 Å². The van der Waals surface area contributed by atoms with Crippen LogP contribution in [0.4, 0.5) is 0 Å². The first-order valence-corrected chi connectivity index (χ1v) is 5.95. The maximum atomic E-state index is 5.78. The van der Waals surface area contributed by atoms with Crippen LogP contribution < -0.4 is 9.47 Å². The number of methoxy groups -OCH3 is 2. The lowest BCUT2D eigenvalue weighted by Gasteiger charge is -2.10. The average Bonchev–Trinajstić information content (AvgIpc) is 2.85. The molecule has 0 fully saturated rings. The van der Waals surface area contributed by atoms with Crippen LogP contribution in [0.15, 0.2) is 24.5 Å². The molecule has 0 N–H and O–H groups in total. The first kappa shape index (κ1) is 12.7. The first-order chi connectivity index (χ1) is 8.78. The van der Waals surface area contributed by atoms with Crippen LogP contribution in [-0.4, -0.2) is 29.0 Å². The molecule has 5 nitrogen and oxygen atoms in total. The molecule has 96 valence electrons. The molecule has 0 bridgehead atoms. The van der Waals surface area contributed by atoms with Crippen LogP contribution in [0, 0.1) is 0 Å². The van der Waals surface area contributed by atoms with Gasteiger partial charge in [-0.15, -0.1) is 21.8 Å². The molecule has 0 amide bonds. The largest absolute Gasteiger partial charge is 0.493 e. The highest BCUT2D eigenvalue weighted by Crippen LogP contribution is 2.27. The second-order valence-corrected chi connectivity index (χ2v) is 3.97. The van der Waals surface area contributed by atoms with Gasteiger partial charge in [0, 0.05) is 0 Å². The number of alkyl halides is 1. The maximum absolute atomic E-state index is 5.78. The molecule has 18 heavy (non-hydrogen) atoms. The Morgan fingerprint density at radius 1 is 1.22 bits per heavy atom. The molecule has 0 saturated carbocycles. The minimum Gasteiger partial charge on any atom is -0.493 e. The van der Waals surface area contributed by atoms with Crippen LogP contribution in [0.2, 0.25) is 0 Å². The molecule has 0 spiro atoms. The highest BCUT2D eigenvalue weighted by Gasteiger charge is 2.07. The molecule has 1 aromatic carbocycles. The van der Waals surface area contributed by atoms with Crippen molar-refractivity contribution in [1.82, 2.24) is 14.8 Å². The number of rotatable bonds is 5. The minimum absolute atomic E-state index is 0.341. The summed E-state index contributed by atoms with van der Waals surface area (Å²) in [7, 11) is 3.23. The number of hydrogen-bond acceptors (Lipinski definition) is 4. The molecular weight excluding hydrogens is 254 g/mol. The van der Waals surface area contributed by atoms with E-state index in [0.717, 1.165) is 11.4 Å². The Bertz CT molecular complexity index is 528. The molecule has 0 radical (unpaired) electrons. The highest BCUT2D eigenvalue weighted by atomic mass is 35.5. The molecule has 0 unspecified atom stereocenters. The molecule has 0 saturated heterocycles. The van der Waals surface area contributed by atoms with Crippen molar-refractivity contribution in [1.29, 1.82) is 0 Å². The van der Waals surface area contributed by atoms with Crippen LogP contribution in [0.25, 0.3) is 0 Å². The van der Waals surface area contributed by atoms with Gasteiger partial charge in [0.2, 0.25) is 0 Å². The van der Waals surface area contributed by atoms with Crippen molar-refractivity contribution in [3.05, 3.63) is 35.9 Å². The smallest absolute Gasteiger partial charge is 0.161 e. The van der Waals surface area contributed by atoms with Gasteiger partial charge in [0.15, 0.2) is 11.5 Å². The van der Waals surface area contributed by atoms with Gasteiger partial charge in [-0.2, -0.15) is 0 Å². The lowest BCUT2D eigenvalue weighted by atomic mass is 10.2. The number of hydrogen-bond donors (Lipinski definition) is 0. The van der Waals surface area contributed by atoms with E-state index < -0.39 is 0 Å². The fourth-order valence-electron chi connectivity index (χ4n) is 1.69. The van der Waals surface area contributed by atoms with Gasteiger partial charge in [0.25, 0.3) is 0 Å². The van der Waals surface area contributed by atoms with Crippen molar-refractivity contribution >= 4 is 11.6 Å². The third kappa shape index (κ3) is 2.56. The molecule has 0 atom stereocenters. The Morgan fingerprint density at radius 3 is 2.67 bits per heavy atom. The Kier molecular flexibility index (Phi) is 4.04. The predicted octanol–water partition coefficient (Wildman–Crippen LogP) is 2.08. The van der Waals surface area contributed by atoms with Crippen molar-refractivity contribution in [2.45, 2.75) is 12.4 Å². The van der Waals surface area contributed by atoms with Gasteiger partial charge in [0.05, 0.1) is 26.6 Å². The summed E-state index contributed by atoms with van der Waals surface area (Å²) >= 11 is 5.78. The third-order valence-electron chi connectivity index (χ3n) is 2.62. The SMILES string of the molecule is COc1ccc(Cn2cnnc2CCl)cc1OC. The Hall–Kier alpha value is -1.75. The molecule has 2 aromatic rings. The van der Waals surface area contributed by atoms with E-state index in [1.54, 1.807) is 20.5 Å². The molecule has 0 aliphatic heterocycles. The Balaban J connectivity index is 2.24. The highest BCUT2D eigenvalue weighted by molar-refractivity contribution is 6.16. The van der Waals surface area contributed by atoms with E-state index in [4.69, 9.17) is 21.1 Å². The molecule has 0 aliphatic carbocycles. The lowest BCUT2D eigenvalue weighted by molar-refractivity contribution is 0.354. The van der Waals surface area contributed by atoms with Gasteiger partial charge >= 0.3 is 0 Å². The second-order valence-electron chi connectivity index (χ2n) is 3.70. The topological polar surface area (TPSA) is 49.2 Å². The standard InChI is InChI=1S/C12H14ClN3O2/c1-17-10-4-3-9(5-11(10)18-2)7-16-8-14-15-12(16)6-13/h3-5,8H,6-7H2,1-2H3. The normalized spacial score (nSPS) is 10.4. The number of halogens is 1. The maximum Gasteiger partial charge on any atom is 0.161 e. The third-order valence-corrected chi connectivity index (χ3v) is 2.86. The summed E-state index contributed by atoms with van der Waals surface area (Å²) in [6, 6.07) is 5.77. The molecule has 6 heteroatoms. The van der Waals surface area contributed by atoms with Gasteiger partial charge in [-0.25, -0.2) is 0 Å². The van der Waals surface area contributed by atoms with Gasteiger partial charge in [-0.05, 0) is 17.7 Å². The fourth-order valence-corrected chi connectivity index (χ4v) is 1.90. The fraction of sp³-hybridized carbons (Fsp3) is 0.333. The minimum atomic E-state index is 0.341. The summed E-state index contributed by atoms with van der Waals surface area (Å²) in [4.78, 5) is 0. The Labute approximate surface area is 110 Å². The van der Waals surface area contributed by atoms with Crippen LogP contribution in [0.5, 0.6) is 11.5 Å². The lowest BCUT2D eigenvalue weighted by Crippen LogP contribution is -2.03. The second kappa shape index (κ2) is 5.73. The van der Waals surface area contributed by atoms with E-state index in [2.05, 4.69) is 10.2 Å². The number of benzene rings is 1. The molecule has 1 heterocycles. The Morgan fingerprint density at radius 2 is 2.00 bits per heavy atom. The average molecular weight is 268 g/mol. The summed E-state index contributed by atoms with van der Waals surface area (Å²) in [6.45, 7) is 0.648. The van der Waals surface area contributed by atoms with E-state index >= 15 is 0 Å². The summed E-state index contributed by atoms with van der Waals surface area (Å²) in [5.74, 6) is 2.50. The van der Waals surface area contributed by atoms with Gasteiger partial charge < -0.3 is 14.0 Å². The van der Waals surface area contributed by atoms with E-state index in [1.807, 2.05) is 22.8 Å². The van der Waals surface area contributed by atoms with E-state index in [0.29, 0.717) is 23.9 Å². The monoisotopic (exact) mass is 267 g/mol. The zero-order valence-corrected chi connectivity index (χ0v) is 11.0. The van der Waals surface area contributed by atoms with E-state index in [9.17, 15) is 0 Å². The summed E-state index contributed by atoms with van der Waals surface area (Å²) in [5.41, 5.74) is 1.07. The summed E-state index contributed by atoms with van der Waals surface area (Å²) in [6.07, 6.45) is 1.66. The number of ether oxygens (including phenoxy) is 2. The van der Waals surface area contributed by atoms with Crippen molar-refractivity contribution in [2.75, 3.05) is 14.2 Å².